The third-order valence-corrected chi connectivity index (χ3v) is 3.55. The van der Waals surface area contributed by atoms with Crippen LogP contribution in [0.2, 0.25) is 0 Å². The van der Waals surface area contributed by atoms with Gasteiger partial charge in [-0.05, 0) is 24.3 Å². The third kappa shape index (κ3) is 2.14. The van der Waals surface area contributed by atoms with Gasteiger partial charge in [0.15, 0.2) is 0 Å². The number of aromatic nitrogens is 1. The molecule has 1 aliphatic rings. The first-order valence-electron chi connectivity index (χ1n) is 5.58. The molecular weight excluding hydrogens is 220 g/mol. The number of H-pyrrole nitrogens is 1. The molecule has 1 heterocycles. The van der Waals surface area contributed by atoms with E-state index in [1.807, 2.05) is 0 Å². The molecule has 0 amide bonds. The Balaban J connectivity index is 2.46. The van der Waals surface area contributed by atoms with E-state index in [0.29, 0.717) is 16.5 Å². The number of nitriles is 1. The van der Waals surface area contributed by atoms with E-state index in [-0.39, 0.29) is 5.56 Å². The number of nitrogens with zero attached hydrogens (tertiary/aromatic N) is 1. The first-order valence-corrected chi connectivity index (χ1v) is 6.03. The zero-order valence-electron chi connectivity index (χ0n) is 8.99. The van der Waals surface area contributed by atoms with E-state index >= 15 is 0 Å². The molecule has 1 aliphatic carbocycles. The Bertz CT molecular complexity index is 481. The monoisotopic (exact) mass is 234 g/mol. The maximum atomic E-state index is 11.4. The van der Waals surface area contributed by atoms with Crippen LogP contribution < -0.4 is 5.56 Å². The minimum Gasteiger partial charge on any atom is -0.316 e. The first kappa shape index (κ1) is 11.3. The molecule has 1 aromatic heterocycles. The summed E-state index contributed by atoms with van der Waals surface area (Å²) in [5.41, 5.74) is 1.26. The Morgan fingerprint density at radius 1 is 1.38 bits per heavy atom. The molecule has 1 fully saturated rings. The second-order valence-corrected chi connectivity index (χ2v) is 4.71. The predicted molar refractivity (Wildman–Crippen MR) is 64.9 cm³/mol. The molecule has 0 spiro atoms. The summed E-state index contributed by atoms with van der Waals surface area (Å²) in [5, 5.41) is 9.50. The number of hydrogen-bond acceptors (Lipinski definition) is 3. The zero-order valence-corrected chi connectivity index (χ0v) is 9.89. The second-order valence-electron chi connectivity index (χ2n) is 4.26. The lowest BCUT2D eigenvalue weighted by Gasteiger charge is -2.22. The van der Waals surface area contributed by atoms with Crippen LogP contribution in [0, 0.1) is 11.3 Å². The van der Waals surface area contributed by atoms with Crippen molar-refractivity contribution < 1.29 is 0 Å². The Morgan fingerprint density at radius 3 is 2.69 bits per heavy atom. The van der Waals surface area contributed by atoms with Crippen molar-refractivity contribution in [1.82, 2.24) is 4.98 Å². The van der Waals surface area contributed by atoms with Crippen LogP contribution in [-0.2, 0) is 0 Å². The smallest absolute Gasteiger partial charge is 0.249 e. The third-order valence-electron chi connectivity index (χ3n) is 3.21. The van der Waals surface area contributed by atoms with Crippen LogP contribution in [-0.4, -0.2) is 4.98 Å². The summed E-state index contributed by atoms with van der Waals surface area (Å²) in [6, 6.07) is 3.71. The van der Waals surface area contributed by atoms with Gasteiger partial charge in [-0.3, -0.25) is 4.79 Å². The number of thiol groups is 1. The van der Waals surface area contributed by atoms with Gasteiger partial charge in [0.2, 0.25) is 5.56 Å². The molecule has 1 aromatic rings. The fourth-order valence-electron chi connectivity index (χ4n) is 2.42. The summed E-state index contributed by atoms with van der Waals surface area (Å²) >= 11 is 4.16. The van der Waals surface area contributed by atoms with Crippen LogP contribution >= 0.6 is 12.6 Å². The molecule has 3 nitrogen and oxygen atoms in total. The molecular formula is C12H14N2OS. The van der Waals surface area contributed by atoms with Gasteiger partial charge in [0, 0.05) is 6.07 Å². The SMILES string of the molecule is N#Cc1c(C2CCCCC2)cc(=O)[nH]c1S. The summed E-state index contributed by atoms with van der Waals surface area (Å²) in [4.78, 5) is 14.0. The van der Waals surface area contributed by atoms with Crippen molar-refractivity contribution in [3.63, 3.8) is 0 Å². The highest BCUT2D eigenvalue weighted by Crippen LogP contribution is 2.34. The summed E-state index contributed by atoms with van der Waals surface area (Å²) in [5.74, 6) is 0.358. The average Bonchev–Trinajstić information content (AvgIpc) is 2.29. The van der Waals surface area contributed by atoms with Crippen molar-refractivity contribution in [2.45, 2.75) is 43.0 Å². The Kier molecular flexibility index (Phi) is 3.35. The highest BCUT2D eigenvalue weighted by atomic mass is 32.1. The molecule has 0 aromatic carbocycles. The molecule has 0 radical (unpaired) electrons. The lowest BCUT2D eigenvalue weighted by atomic mass is 9.83. The number of nitrogens with one attached hydrogen (secondary N) is 1. The first-order chi connectivity index (χ1) is 7.72. The number of rotatable bonds is 1. The lowest BCUT2D eigenvalue weighted by molar-refractivity contribution is 0.442. The quantitative estimate of drug-likeness (QED) is 0.734. The van der Waals surface area contributed by atoms with E-state index in [2.05, 4.69) is 23.7 Å². The number of hydrogen-bond donors (Lipinski definition) is 2. The van der Waals surface area contributed by atoms with Gasteiger partial charge in [0.05, 0.1) is 10.6 Å². The maximum absolute atomic E-state index is 11.4. The van der Waals surface area contributed by atoms with Crippen LogP contribution in [0.3, 0.4) is 0 Å². The van der Waals surface area contributed by atoms with E-state index in [1.165, 1.54) is 19.3 Å². The lowest BCUT2D eigenvalue weighted by Crippen LogP contribution is -2.14. The van der Waals surface area contributed by atoms with Crippen molar-refractivity contribution in [2.75, 3.05) is 0 Å². The second kappa shape index (κ2) is 4.75. The Labute approximate surface area is 99.9 Å². The number of aromatic amines is 1. The largest absolute Gasteiger partial charge is 0.316 e. The van der Waals surface area contributed by atoms with Gasteiger partial charge in [-0.2, -0.15) is 5.26 Å². The molecule has 0 atom stereocenters. The molecule has 0 bridgehead atoms. The zero-order chi connectivity index (χ0) is 11.5. The van der Waals surface area contributed by atoms with E-state index in [1.54, 1.807) is 6.07 Å². The van der Waals surface area contributed by atoms with Crippen molar-refractivity contribution in [3.8, 4) is 6.07 Å². The van der Waals surface area contributed by atoms with Gasteiger partial charge >= 0.3 is 0 Å². The van der Waals surface area contributed by atoms with Crippen LogP contribution in [0.1, 0.15) is 49.1 Å². The predicted octanol–water partition coefficient (Wildman–Crippen LogP) is 2.58. The van der Waals surface area contributed by atoms with Gasteiger partial charge in [-0.25, -0.2) is 0 Å². The highest BCUT2D eigenvalue weighted by Gasteiger charge is 2.20. The van der Waals surface area contributed by atoms with Gasteiger partial charge in [0.25, 0.3) is 0 Å². The van der Waals surface area contributed by atoms with E-state index in [0.717, 1.165) is 18.4 Å². The molecule has 16 heavy (non-hydrogen) atoms. The van der Waals surface area contributed by atoms with Crippen molar-refractivity contribution in [3.05, 3.63) is 27.5 Å². The van der Waals surface area contributed by atoms with Crippen LogP contribution in [0.25, 0.3) is 0 Å². The molecule has 0 unspecified atom stereocenters. The van der Waals surface area contributed by atoms with Crippen LogP contribution in [0.4, 0.5) is 0 Å². The fraction of sp³-hybridized carbons (Fsp3) is 0.500. The molecule has 4 heteroatoms. The molecule has 1 N–H and O–H groups in total. The normalized spacial score (nSPS) is 17.0. The van der Waals surface area contributed by atoms with Crippen molar-refractivity contribution in [2.24, 2.45) is 0 Å². The van der Waals surface area contributed by atoms with Crippen molar-refractivity contribution in [1.29, 1.82) is 5.26 Å². The molecule has 1 saturated carbocycles. The van der Waals surface area contributed by atoms with Gasteiger partial charge in [0.1, 0.15) is 6.07 Å². The average molecular weight is 234 g/mol. The molecule has 2 rings (SSSR count). The van der Waals surface area contributed by atoms with Gasteiger partial charge < -0.3 is 4.98 Å². The van der Waals surface area contributed by atoms with Crippen molar-refractivity contribution >= 4 is 12.6 Å². The minimum absolute atomic E-state index is 0.162. The minimum atomic E-state index is -0.162. The summed E-state index contributed by atoms with van der Waals surface area (Å²) in [6.45, 7) is 0. The van der Waals surface area contributed by atoms with E-state index in [9.17, 15) is 4.79 Å². The summed E-state index contributed by atoms with van der Waals surface area (Å²) < 4.78 is 0. The molecule has 0 saturated heterocycles. The van der Waals surface area contributed by atoms with E-state index < -0.39 is 0 Å². The standard InChI is InChI=1S/C12H14N2OS/c13-7-10-9(6-11(15)14-12(10)16)8-4-2-1-3-5-8/h6,8H,1-5H2,(H2,14,15,16). The van der Waals surface area contributed by atoms with Crippen LogP contribution in [0.5, 0.6) is 0 Å². The van der Waals surface area contributed by atoms with Gasteiger partial charge in [-0.15, -0.1) is 12.6 Å². The van der Waals surface area contributed by atoms with E-state index in [4.69, 9.17) is 5.26 Å². The highest BCUT2D eigenvalue weighted by molar-refractivity contribution is 7.80. The maximum Gasteiger partial charge on any atom is 0.249 e. The fourth-order valence-corrected chi connectivity index (χ4v) is 2.71. The summed E-state index contributed by atoms with van der Waals surface area (Å²) in [6.07, 6.45) is 5.78. The Hall–Kier alpha value is -1.21. The topological polar surface area (TPSA) is 56.6 Å². The summed E-state index contributed by atoms with van der Waals surface area (Å²) in [7, 11) is 0. The van der Waals surface area contributed by atoms with Crippen LogP contribution in [0.15, 0.2) is 15.9 Å². The Morgan fingerprint density at radius 2 is 2.06 bits per heavy atom. The number of pyridine rings is 1. The molecule has 84 valence electrons. The molecule has 0 aliphatic heterocycles. The van der Waals surface area contributed by atoms with Gasteiger partial charge in [-0.1, -0.05) is 19.3 Å².